The Morgan fingerprint density at radius 1 is 0.314 bits per heavy atom. The number of hydrogen-bond acceptors (Lipinski definition) is 3. The highest BCUT2D eigenvalue weighted by atomic mass is 16.3. The Morgan fingerprint density at radius 2 is 0.743 bits per heavy atom. The molecule has 105 heavy (non-hydrogen) atoms. The van der Waals surface area contributed by atoms with Crippen LogP contribution in [0.1, 0.15) is 219 Å². The van der Waals surface area contributed by atoms with Gasteiger partial charge in [-0.2, -0.15) is 0 Å². The monoisotopic (exact) mass is 1370 g/mol. The average Bonchev–Trinajstić information content (AvgIpc) is 1.50. The first-order valence-corrected chi connectivity index (χ1v) is 39.6. The summed E-state index contributed by atoms with van der Waals surface area (Å²) < 4.78 is 14.4. The fourth-order valence-electron chi connectivity index (χ4n) is 21.5. The third-order valence-corrected chi connectivity index (χ3v) is 26.5. The first-order chi connectivity index (χ1) is 50.8. The molecule has 5 aliphatic rings. The van der Waals surface area contributed by atoms with Gasteiger partial charge in [-0.25, -0.2) is 0 Å². The molecule has 0 saturated carbocycles. The summed E-state index contributed by atoms with van der Waals surface area (Å²) in [5.41, 5.74) is 42.0. The summed E-state index contributed by atoms with van der Waals surface area (Å²) in [4.78, 5) is 2.58. The third kappa shape index (κ3) is 9.41. The summed E-state index contributed by atoms with van der Waals surface area (Å²) >= 11 is 0. The summed E-state index contributed by atoms with van der Waals surface area (Å²) in [6, 6.07) is 80.2. The van der Waals surface area contributed by atoms with Crippen molar-refractivity contribution in [3.05, 3.63) is 279 Å². The van der Waals surface area contributed by atoms with Gasteiger partial charge in [-0.1, -0.05) is 285 Å². The van der Waals surface area contributed by atoms with Gasteiger partial charge >= 0.3 is 0 Å². The molecule has 12 aromatic carbocycles. The van der Waals surface area contributed by atoms with Crippen LogP contribution in [0.2, 0.25) is 0 Å². The average molecular weight is 1370 g/mol. The second-order valence-corrected chi connectivity index (χ2v) is 34.3. The topological polar surface area (TPSA) is 29.5 Å². The number of fused-ring (bicyclic) bond motifs is 25. The van der Waals surface area contributed by atoms with E-state index in [0.29, 0.717) is 0 Å². The van der Waals surface area contributed by atoms with Gasteiger partial charge in [0.05, 0.1) is 5.69 Å². The Labute approximate surface area is 621 Å². The fourth-order valence-corrected chi connectivity index (χ4v) is 21.5. The molecule has 2 heterocycles. The lowest BCUT2D eigenvalue weighted by atomic mass is 9.70. The highest BCUT2D eigenvalue weighted by Gasteiger charge is 2.50. The second kappa shape index (κ2) is 23.8. The highest BCUT2D eigenvalue weighted by Crippen LogP contribution is 2.65. The molecule has 0 atom stereocenters. The molecule has 0 bridgehead atoms. The van der Waals surface area contributed by atoms with Gasteiger partial charge < -0.3 is 13.7 Å². The van der Waals surface area contributed by atoms with Crippen LogP contribution in [0.5, 0.6) is 0 Å². The van der Waals surface area contributed by atoms with Crippen molar-refractivity contribution in [2.45, 2.75) is 194 Å². The van der Waals surface area contributed by atoms with Crippen LogP contribution in [0.15, 0.2) is 215 Å². The SMILES string of the molecule is CCCCCCCC1(CCCCCCC)c2ccccc2-c2ccc(-c3ccc4c(c3)C(C)(C)c3cc(-c5cc6c(c7c5oc5ccccc57)-c5ccc(N(c7ccc8c(c7)C(C)(C)c7c9c(c%10c(oc%11ccccc%11%10)c7-8)-c7ccccc7C9(C)C)c7c(C)cc(C)cc7C)cc5C6(C)C)ccc3-4)cc21. The van der Waals surface area contributed by atoms with Crippen molar-refractivity contribution < 1.29 is 8.83 Å². The van der Waals surface area contributed by atoms with Crippen LogP contribution in [-0.4, -0.2) is 0 Å². The minimum Gasteiger partial charge on any atom is -0.455 e. The summed E-state index contributed by atoms with van der Waals surface area (Å²) in [6.07, 6.45) is 15.4. The first kappa shape index (κ1) is 65.8. The third-order valence-electron chi connectivity index (χ3n) is 26.5. The highest BCUT2D eigenvalue weighted by molar-refractivity contribution is 6.22. The van der Waals surface area contributed by atoms with Crippen LogP contribution in [0.3, 0.4) is 0 Å². The van der Waals surface area contributed by atoms with Crippen LogP contribution in [0.4, 0.5) is 17.1 Å². The molecular formula is C102H97NO2. The summed E-state index contributed by atoms with van der Waals surface area (Å²) in [7, 11) is 0. The van der Waals surface area contributed by atoms with E-state index < -0.39 is 0 Å². The zero-order valence-electron chi connectivity index (χ0n) is 63.9. The zero-order chi connectivity index (χ0) is 72.0. The summed E-state index contributed by atoms with van der Waals surface area (Å²) in [6.45, 7) is 31.1. The van der Waals surface area contributed by atoms with Crippen molar-refractivity contribution in [1.82, 2.24) is 0 Å². The molecule has 0 fully saturated rings. The first-order valence-electron chi connectivity index (χ1n) is 39.6. The van der Waals surface area contributed by atoms with Gasteiger partial charge in [0.2, 0.25) is 0 Å². The number of nitrogens with zero attached hydrogens (tertiary/aromatic N) is 1. The standard InChI is InChI=1S/C102H97NO2/c1-14-16-18-20-30-50-102(51-31-21-19-17-15-2)79-37-27-22-32-68(79)71-46-41-64(55-84(71)102)63-40-45-69-70-47-42-65(56-81(70)98(6,7)80(69)54-63)77-59-85-88(90-75-34-24-28-38-86(75)104-96(77)90)73-48-43-66(57-82(73)99(85,8)9)103(95-61(4)52-60(3)53-62(95)5)67-44-49-74-83(58-67)101(12,13)94-92(74)97-91(76-35-25-29-39-87(76)105-97)89-72-33-23-26-36-78(72)100(10,11)93(89)94/h22-29,32-49,52-59H,14-21,30-31,50-51H2,1-13H3. The zero-order valence-corrected chi connectivity index (χ0v) is 63.9. The fraction of sp³-hybridized carbons (Fsp3) is 0.294. The molecule has 0 amide bonds. The van der Waals surface area contributed by atoms with E-state index in [2.05, 4.69) is 301 Å². The molecule has 5 aliphatic carbocycles. The van der Waals surface area contributed by atoms with Gasteiger partial charge in [-0.15, -0.1) is 0 Å². The Morgan fingerprint density at radius 3 is 1.36 bits per heavy atom. The predicted molar refractivity (Wildman–Crippen MR) is 444 cm³/mol. The Bertz CT molecular complexity index is 5970. The van der Waals surface area contributed by atoms with Crippen LogP contribution in [0, 0.1) is 20.8 Å². The Balaban J connectivity index is 0.708. The molecule has 3 nitrogen and oxygen atoms in total. The summed E-state index contributed by atoms with van der Waals surface area (Å²) in [5, 5.41) is 4.75. The minimum absolute atomic E-state index is 0.0316. The van der Waals surface area contributed by atoms with E-state index in [4.69, 9.17) is 8.83 Å². The van der Waals surface area contributed by atoms with E-state index in [9.17, 15) is 0 Å². The number of unbranched alkanes of at least 4 members (excludes halogenated alkanes) is 8. The van der Waals surface area contributed by atoms with Crippen LogP contribution >= 0.6 is 0 Å². The number of hydrogen-bond donors (Lipinski definition) is 0. The molecule has 0 saturated heterocycles. The molecule has 19 rings (SSSR count). The summed E-state index contributed by atoms with van der Waals surface area (Å²) in [5.74, 6) is 0. The van der Waals surface area contributed by atoms with E-state index in [0.717, 1.165) is 44.7 Å². The normalized spacial score (nSPS) is 15.7. The number of rotatable bonds is 17. The lowest BCUT2D eigenvalue weighted by molar-refractivity contribution is 0.399. The van der Waals surface area contributed by atoms with E-state index in [1.54, 1.807) is 11.1 Å². The number of aryl methyl sites for hydroxylation is 3. The van der Waals surface area contributed by atoms with Gasteiger partial charge in [0.1, 0.15) is 22.3 Å². The Hall–Kier alpha value is -9.96. The molecular weight excluding hydrogens is 1270 g/mol. The van der Waals surface area contributed by atoms with Crippen molar-refractivity contribution in [2.24, 2.45) is 0 Å². The minimum atomic E-state index is -0.388. The maximum Gasteiger partial charge on any atom is 0.144 e. The quantitative estimate of drug-likeness (QED) is 0.0851. The molecule has 522 valence electrons. The molecule has 0 radical (unpaired) electrons. The molecule has 2 aromatic heterocycles. The molecule has 0 unspecified atom stereocenters. The number of benzene rings is 12. The second-order valence-electron chi connectivity index (χ2n) is 34.3. The van der Waals surface area contributed by atoms with Gasteiger partial charge in [-0.3, -0.25) is 0 Å². The van der Waals surface area contributed by atoms with Gasteiger partial charge in [-0.05, 0) is 228 Å². The van der Waals surface area contributed by atoms with Gasteiger partial charge in [0.25, 0.3) is 0 Å². The van der Waals surface area contributed by atoms with Crippen molar-refractivity contribution in [3.63, 3.8) is 0 Å². The van der Waals surface area contributed by atoms with Crippen molar-refractivity contribution in [2.75, 3.05) is 4.90 Å². The van der Waals surface area contributed by atoms with E-state index >= 15 is 0 Å². The smallest absolute Gasteiger partial charge is 0.144 e. The maximum atomic E-state index is 7.25. The van der Waals surface area contributed by atoms with Crippen molar-refractivity contribution in [1.29, 1.82) is 0 Å². The molecule has 14 aromatic rings. The molecule has 0 N–H and O–H groups in total. The predicted octanol–water partition coefficient (Wildman–Crippen LogP) is 29.4. The maximum absolute atomic E-state index is 7.25. The number of furan rings is 2. The Kier molecular flexibility index (Phi) is 14.9. The van der Waals surface area contributed by atoms with E-state index in [1.807, 2.05) is 0 Å². The van der Waals surface area contributed by atoms with E-state index in [1.165, 1.54) is 232 Å². The number of para-hydroxylation sites is 2. The van der Waals surface area contributed by atoms with Crippen molar-refractivity contribution in [3.8, 4) is 77.9 Å². The number of anilines is 3. The van der Waals surface area contributed by atoms with E-state index in [-0.39, 0.29) is 27.1 Å². The van der Waals surface area contributed by atoms with Gasteiger partial charge in [0, 0.05) is 71.1 Å². The molecule has 0 aliphatic heterocycles. The molecule has 0 spiro atoms. The lowest BCUT2D eigenvalue weighted by Gasteiger charge is -2.33. The van der Waals surface area contributed by atoms with Crippen LogP contribution < -0.4 is 4.90 Å². The van der Waals surface area contributed by atoms with Crippen LogP contribution in [0.25, 0.3) is 122 Å². The van der Waals surface area contributed by atoms with Crippen molar-refractivity contribution >= 4 is 60.9 Å². The molecule has 3 heteroatoms. The van der Waals surface area contributed by atoms with Crippen LogP contribution in [-0.2, 0) is 27.1 Å². The van der Waals surface area contributed by atoms with Gasteiger partial charge in [0.15, 0.2) is 0 Å². The lowest BCUT2D eigenvalue weighted by Crippen LogP contribution is -2.25. The largest absolute Gasteiger partial charge is 0.455 e.